The molecule has 0 amide bonds. The predicted molar refractivity (Wildman–Crippen MR) is 105 cm³/mol. The summed E-state index contributed by atoms with van der Waals surface area (Å²) in [6, 6.07) is 13.9. The normalized spacial score (nSPS) is 18.0. The minimum Gasteiger partial charge on any atom is -0.507 e. The molecule has 2 heterocycles. The van der Waals surface area contributed by atoms with Crippen LogP contribution in [0.25, 0.3) is 0 Å². The van der Waals surface area contributed by atoms with E-state index in [1.165, 1.54) is 0 Å². The molecule has 0 radical (unpaired) electrons. The summed E-state index contributed by atoms with van der Waals surface area (Å²) in [6.45, 7) is 3.89. The second-order valence-corrected chi connectivity index (χ2v) is 7.11. The molecule has 0 bridgehead atoms. The summed E-state index contributed by atoms with van der Waals surface area (Å²) in [5.41, 5.74) is 9.98. The molecule has 1 saturated heterocycles. The minimum absolute atomic E-state index is 0.200. The molecule has 3 N–H and O–H groups in total. The molecule has 2 aromatic rings. The Morgan fingerprint density at radius 1 is 1.08 bits per heavy atom. The Morgan fingerprint density at radius 3 is 2.62 bits per heavy atom. The molecular weight excluding hydrogens is 324 g/mol. The molecule has 0 atom stereocenters. The van der Waals surface area contributed by atoms with Gasteiger partial charge in [0.1, 0.15) is 11.6 Å². The van der Waals surface area contributed by atoms with E-state index in [0.717, 1.165) is 55.0 Å². The molecule has 0 aliphatic carbocycles. The highest BCUT2D eigenvalue weighted by atomic mass is 16.3. The summed E-state index contributed by atoms with van der Waals surface area (Å²) in [4.78, 5) is 12.0. The average Bonchev–Trinajstić information content (AvgIpc) is 2.82. The van der Waals surface area contributed by atoms with E-state index >= 15 is 0 Å². The molecule has 2 aromatic carbocycles. The summed E-state index contributed by atoms with van der Waals surface area (Å²) >= 11 is 0. The first kappa shape index (κ1) is 16.8. The number of likely N-dealkylation sites (tertiary alicyclic amines) is 1. The minimum atomic E-state index is 0.200. The molecule has 5 heteroatoms. The highest BCUT2D eigenvalue weighted by Gasteiger charge is 2.23. The SMILES string of the molecule is Cc1ccc2c(c1)N=C(c1ccccc1O)N=C(N1CCC(N)CC1)C2. The van der Waals surface area contributed by atoms with Gasteiger partial charge < -0.3 is 15.7 Å². The van der Waals surface area contributed by atoms with Crippen LogP contribution in [0.4, 0.5) is 5.69 Å². The fourth-order valence-electron chi connectivity index (χ4n) is 3.52. The van der Waals surface area contributed by atoms with Gasteiger partial charge in [-0.3, -0.25) is 0 Å². The van der Waals surface area contributed by atoms with Crippen LogP contribution in [-0.4, -0.2) is 40.8 Å². The van der Waals surface area contributed by atoms with Gasteiger partial charge in [0.15, 0.2) is 5.84 Å². The Morgan fingerprint density at radius 2 is 1.85 bits per heavy atom. The number of aromatic hydroxyl groups is 1. The maximum absolute atomic E-state index is 10.3. The average molecular weight is 348 g/mol. The molecule has 0 aromatic heterocycles. The Labute approximate surface area is 153 Å². The molecule has 26 heavy (non-hydrogen) atoms. The van der Waals surface area contributed by atoms with Crippen LogP contribution in [0.2, 0.25) is 0 Å². The molecule has 134 valence electrons. The lowest BCUT2D eigenvalue weighted by molar-refractivity contribution is 0.310. The van der Waals surface area contributed by atoms with Crippen molar-refractivity contribution in [3.05, 3.63) is 59.2 Å². The van der Waals surface area contributed by atoms with Crippen molar-refractivity contribution in [1.29, 1.82) is 0 Å². The van der Waals surface area contributed by atoms with E-state index in [0.29, 0.717) is 11.4 Å². The number of nitrogens with two attached hydrogens (primary N) is 1. The van der Waals surface area contributed by atoms with Crippen LogP contribution in [0.5, 0.6) is 5.75 Å². The van der Waals surface area contributed by atoms with E-state index in [9.17, 15) is 5.11 Å². The van der Waals surface area contributed by atoms with Gasteiger partial charge in [-0.2, -0.15) is 0 Å². The lowest BCUT2D eigenvalue weighted by atomic mass is 10.0. The number of rotatable bonds is 1. The number of para-hydroxylation sites is 1. The number of hydrogen-bond acceptors (Lipinski definition) is 5. The number of piperidine rings is 1. The van der Waals surface area contributed by atoms with Gasteiger partial charge in [0.25, 0.3) is 0 Å². The predicted octanol–water partition coefficient (Wildman–Crippen LogP) is 3.16. The molecule has 1 fully saturated rings. The van der Waals surface area contributed by atoms with Crippen LogP contribution in [0.1, 0.15) is 29.5 Å². The number of aryl methyl sites for hydroxylation is 1. The van der Waals surface area contributed by atoms with Crippen LogP contribution in [0, 0.1) is 6.92 Å². The third kappa shape index (κ3) is 3.35. The van der Waals surface area contributed by atoms with Gasteiger partial charge in [0.2, 0.25) is 0 Å². The molecule has 5 nitrogen and oxygen atoms in total. The van der Waals surface area contributed by atoms with Crippen LogP contribution in [0.3, 0.4) is 0 Å². The van der Waals surface area contributed by atoms with Crippen molar-refractivity contribution in [1.82, 2.24) is 4.90 Å². The van der Waals surface area contributed by atoms with Gasteiger partial charge >= 0.3 is 0 Å². The van der Waals surface area contributed by atoms with Crippen LogP contribution < -0.4 is 5.73 Å². The van der Waals surface area contributed by atoms with Crippen molar-refractivity contribution in [2.45, 2.75) is 32.2 Å². The number of fused-ring (bicyclic) bond motifs is 1. The summed E-state index contributed by atoms with van der Waals surface area (Å²) in [5, 5.41) is 10.3. The first-order valence-electron chi connectivity index (χ1n) is 9.15. The highest BCUT2D eigenvalue weighted by Crippen LogP contribution is 2.29. The van der Waals surface area contributed by atoms with E-state index in [2.05, 4.69) is 30.0 Å². The van der Waals surface area contributed by atoms with Crippen LogP contribution in [0.15, 0.2) is 52.4 Å². The van der Waals surface area contributed by atoms with Gasteiger partial charge in [-0.05, 0) is 49.1 Å². The maximum atomic E-state index is 10.3. The van der Waals surface area contributed by atoms with Gasteiger partial charge in [-0.15, -0.1) is 0 Å². The largest absolute Gasteiger partial charge is 0.507 e. The van der Waals surface area contributed by atoms with Crippen molar-refractivity contribution in [3.8, 4) is 5.75 Å². The topological polar surface area (TPSA) is 74.2 Å². The van der Waals surface area contributed by atoms with E-state index in [4.69, 9.17) is 15.7 Å². The smallest absolute Gasteiger partial charge is 0.165 e. The molecule has 0 spiro atoms. The third-order valence-electron chi connectivity index (χ3n) is 5.10. The first-order valence-corrected chi connectivity index (χ1v) is 9.15. The molecule has 4 rings (SSSR count). The van der Waals surface area contributed by atoms with Crippen molar-refractivity contribution >= 4 is 17.4 Å². The van der Waals surface area contributed by atoms with E-state index in [1.807, 2.05) is 18.2 Å². The lowest BCUT2D eigenvalue weighted by Gasteiger charge is -2.32. The maximum Gasteiger partial charge on any atom is 0.165 e. The molecule has 0 saturated carbocycles. The first-order chi connectivity index (χ1) is 12.6. The zero-order chi connectivity index (χ0) is 18.1. The zero-order valence-electron chi connectivity index (χ0n) is 15.0. The summed E-state index contributed by atoms with van der Waals surface area (Å²) < 4.78 is 0. The summed E-state index contributed by atoms with van der Waals surface area (Å²) in [5.74, 6) is 1.77. The molecule has 2 aliphatic heterocycles. The second kappa shape index (κ2) is 6.92. The van der Waals surface area contributed by atoms with Crippen molar-refractivity contribution in [2.24, 2.45) is 15.7 Å². The van der Waals surface area contributed by atoms with Crippen molar-refractivity contribution in [2.75, 3.05) is 13.1 Å². The van der Waals surface area contributed by atoms with Gasteiger partial charge in [0, 0.05) is 25.6 Å². The van der Waals surface area contributed by atoms with Gasteiger partial charge in [-0.1, -0.05) is 24.3 Å². The Balaban J connectivity index is 1.80. The highest BCUT2D eigenvalue weighted by molar-refractivity contribution is 6.10. The number of phenolic OH excluding ortho intramolecular Hbond substituents is 1. The van der Waals surface area contributed by atoms with Gasteiger partial charge in [-0.25, -0.2) is 9.98 Å². The fourth-order valence-corrected chi connectivity index (χ4v) is 3.52. The second-order valence-electron chi connectivity index (χ2n) is 7.11. The summed E-state index contributed by atoms with van der Waals surface area (Å²) in [7, 11) is 0. The van der Waals surface area contributed by atoms with E-state index < -0.39 is 0 Å². The molecule has 0 unspecified atom stereocenters. The van der Waals surface area contributed by atoms with E-state index in [1.54, 1.807) is 6.07 Å². The Bertz CT molecular complexity index is 879. The van der Waals surface area contributed by atoms with Crippen molar-refractivity contribution in [3.63, 3.8) is 0 Å². The zero-order valence-corrected chi connectivity index (χ0v) is 15.0. The van der Waals surface area contributed by atoms with E-state index in [-0.39, 0.29) is 11.8 Å². The van der Waals surface area contributed by atoms with Crippen LogP contribution in [-0.2, 0) is 6.42 Å². The monoisotopic (exact) mass is 348 g/mol. The number of aliphatic imine (C=N–C) groups is 2. The third-order valence-corrected chi connectivity index (χ3v) is 5.10. The summed E-state index contributed by atoms with van der Waals surface area (Å²) in [6.07, 6.45) is 2.69. The number of nitrogens with zero attached hydrogens (tertiary/aromatic N) is 3. The Kier molecular flexibility index (Phi) is 4.47. The molecule has 2 aliphatic rings. The standard InChI is InChI=1S/C21H24N4O/c1-14-6-7-15-13-20(25-10-8-16(22)9-11-25)24-21(23-18(15)12-14)17-4-2-3-5-19(17)26/h2-7,12,16,26H,8-11,13,22H2,1H3. The quantitative estimate of drug-likeness (QED) is 0.831. The number of phenols is 1. The molecular formula is C21H24N4O. The number of benzene rings is 2. The van der Waals surface area contributed by atoms with Gasteiger partial charge in [0.05, 0.1) is 11.3 Å². The van der Waals surface area contributed by atoms with Crippen LogP contribution >= 0.6 is 0 Å². The number of hydrogen-bond donors (Lipinski definition) is 2. The lowest BCUT2D eigenvalue weighted by Crippen LogP contribution is -2.43. The fraction of sp³-hybridized carbons (Fsp3) is 0.333. The number of amidine groups is 2. The Hall–Kier alpha value is -2.66. The van der Waals surface area contributed by atoms with Crippen molar-refractivity contribution < 1.29 is 5.11 Å².